The summed E-state index contributed by atoms with van der Waals surface area (Å²) in [7, 11) is 0. The summed E-state index contributed by atoms with van der Waals surface area (Å²) in [4.78, 5) is 11.3. The van der Waals surface area contributed by atoms with Crippen molar-refractivity contribution in [1.29, 1.82) is 0 Å². The highest BCUT2D eigenvalue weighted by Crippen LogP contribution is 2.27. The number of rotatable bonds is 4. The van der Waals surface area contributed by atoms with Crippen molar-refractivity contribution < 1.29 is 19.1 Å². The second-order valence-electron chi connectivity index (χ2n) is 4.46. The number of carbonyl (C=O) groups is 1. The number of fused-ring (bicyclic) bond motifs is 1. The minimum absolute atomic E-state index is 0.0962. The van der Waals surface area contributed by atoms with E-state index in [1.165, 1.54) is 0 Å². The molecule has 0 aliphatic rings. The molecule has 0 bridgehead atoms. The summed E-state index contributed by atoms with van der Waals surface area (Å²) in [5, 5.41) is 10.5. The average molecular weight is 303 g/mol. The maximum Gasteiger partial charge on any atom is 0.372 e. The van der Waals surface area contributed by atoms with Gasteiger partial charge in [-0.05, 0) is 24.3 Å². The van der Waals surface area contributed by atoms with Crippen molar-refractivity contribution in [2.75, 3.05) is 0 Å². The maximum absolute atomic E-state index is 11.3. The van der Waals surface area contributed by atoms with Crippen LogP contribution in [0.4, 0.5) is 0 Å². The zero-order valence-corrected chi connectivity index (χ0v) is 11.6. The molecule has 2 aromatic carbocycles. The van der Waals surface area contributed by atoms with Gasteiger partial charge in [-0.15, -0.1) is 0 Å². The predicted molar refractivity (Wildman–Crippen MR) is 79.0 cm³/mol. The van der Waals surface area contributed by atoms with Crippen molar-refractivity contribution in [3.05, 3.63) is 64.9 Å². The maximum atomic E-state index is 11.3. The molecule has 0 spiro atoms. The lowest BCUT2D eigenvalue weighted by molar-refractivity contribution is 0.0661. The van der Waals surface area contributed by atoms with Crippen molar-refractivity contribution in [3.8, 4) is 5.75 Å². The fraction of sp³-hybridized carbons (Fsp3) is 0.0625. The molecule has 0 unspecified atom stereocenters. The SMILES string of the molecule is O=C(O)c1oc2ccccc2c1COc1cccc(Cl)c1. The van der Waals surface area contributed by atoms with Crippen LogP contribution in [0.1, 0.15) is 16.1 Å². The molecule has 1 heterocycles. The Morgan fingerprint density at radius 2 is 2.00 bits per heavy atom. The van der Waals surface area contributed by atoms with E-state index in [0.29, 0.717) is 21.9 Å². The zero-order chi connectivity index (χ0) is 14.8. The fourth-order valence-corrected chi connectivity index (χ4v) is 2.31. The summed E-state index contributed by atoms with van der Waals surface area (Å²) in [5.41, 5.74) is 1.04. The van der Waals surface area contributed by atoms with Crippen LogP contribution in [0.15, 0.2) is 52.9 Å². The van der Waals surface area contributed by atoms with Crippen molar-refractivity contribution >= 4 is 28.5 Å². The van der Waals surface area contributed by atoms with Gasteiger partial charge in [0.2, 0.25) is 5.76 Å². The van der Waals surface area contributed by atoms with Gasteiger partial charge >= 0.3 is 5.97 Å². The van der Waals surface area contributed by atoms with Gasteiger partial charge in [-0.2, -0.15) is 0 Å². The minimum Gasteiger partial charge on any atom is -0.489 e. The third kappa shape index (κ3) is 2.71. The summed E-state index contributed by atoms with van der Waals surface area (Å²) in [6.45, 7) is 0.0962. The van der Waals surface area contributed by atoms with Crippen LogP contribution in [-0.2, 0) is 6.61 Å². The second-order valence-corrected chi connectivity index (χ2v) is 4.89. The molecule has 0 atom stereocenters. The summed E-state index contributed by atoms with van der Waals surface area (Å²) >= 11 is 5.89. The second kappa shape index (κ2) is 5.50. The van der Waals surface area contributed by atoms with Crippen LogP contribution in [0.25, 0.3) is 11.0 Å². The van der Waals surface area contributed by atoms with Crippen LogP contribution >= 0.6 is 11.6 Å². The molecular formula is C16H11ClO4. The molecule has 0 saturated heterocycles. The molecule has 0 amide bonds. The Bertz CT molecular complexity index is 807. The molecule has 3 aromatic rings. The highest BCUT2D eigenvalue weighted by Gasteiger charge is 2.20. The molecular weight excluding hydrogens is 292 g/mol. The van der Waals surface area contributed by atoms with Crippen molar-refractivity contribution in [3.63, 3.8) is 0 Å². The molecule has 21 heavy (non-hydrogen) atoms. The monoisotopic (exact) mass is 302 g/mol. The quantitative estimate of drug-likeness (QED) is 0.777. The van der Waals surface area contributed by atoms with Crippen molar-refractivity contribution in [2.24, 2.45) is 0 Å². The van der Waals surface area contributed by atoms with Crippen molar-refractivity contribution in [1.82, 2.24) is 0 Å². The molecule has 1 aromatic heterocycles. The summed E-state index contributed by atoms with van der Waals surface area (Å²) in [5.74, 6) is -0.641. The number of hydrogen-bond acceptors (Lipinski definition) is 3. The number of aromatic carboxylic acids is 1. The number of carboxylic acid groups (broad SMARTS) is 1. The van der Waals surface area contributed by atoms with E-state index in [1.54, 1.807) is 36.4 Å². The predicted octanol–water partition coefficient (Wildman–Crippen LogP) is 4.36. The van der Waals surface area contributed by atoms with E-state index in [1.807, 2.05) is 12.1 Å². The lowest BCUT2D eigenvalue weighted by atomic mass is 10.1. The third-order valence-electron chi connectivity index (χ3n) is 3.07. The molecule has 0 radical (unpaired) electrons. The Labute approximate surface area is 125 Å². The molecule has 0 saturated carbocycles. The Hall–Kier alpha value is -2.46. The van der Waals surface area contributed by atoms with Crippen molar-refractivity contribution in [2.45, 2.75) is 6.61 Å². The fourth-order valence-electron chi connectivity index (χ4n) is 2.13. The number of furan rings is 1. The molecule has 5 heteroatoms. The van der Waals surface area contributed by atoms with E-state index in [4.69, 9.17) is 20.8 Å². The average Bonchev–Trinajstić information content (AvgIpc) is 2.84. The smallest absolute Gasteiger partial charge is 0.372 e. The Morgan fingerprint density at radius 3 is 2.76 bits per heavy atom. The first-order valence-corrected chi connectivity index (χ1v) is 6.65. The van der Waals surface area contributed by atoms with Crippen LogP contribution in [0.3, 0.4) is 0 Å². The first kappa shape index (κ1) is 13.5. The first-order chi connectivity index (χ1) is 10.1. The summed E-state index contributed by atoms with van der Waals surface area (Å²) < 4.78 is 11.0. The van der Waals surface area contributed by atoms with Crippen LogP contribution in [0, 0.1) is 0 Å². The number of hydrogen-bond donors (Lipinski definition) is 1. The Morgan fingerprint density at radius 1 is 1.19 bits per heavy atom. The number of carboxylic acids is 1. The standard InChI is InChI=1S/C16H11ClO4/c17-10-4-3-5-11(8-10)20-9-13-12-6-1-2-7-14(12)21-15(13)16(18)19/h1-8H,9H2,(H,18,19). The first-order valence-electron chi connectivity index (χ1n) is 6.27. The molecule has 0 aliphatic heterocycles. The van der Waals surface area contributed by atoms with Gasteiger partial charge in [0.25, 0.3) is 0 Å². The van der Waals surface area contributed by atoms with Gasteiger partial charge in [0.15, 0.2) is 0 Å². The third-order valence-corrected chi connectivity index (χ3v) is 3.31. The van der Waals surface area contributed by atoms with Gasteiger partial charge in [0.1, 0.15) is 17.9 Å². The molecule has 4 nitrogen and oxygen atoms in total. The van der Waals surface area contributed by atoms with Crippen LogP contribution < -0.4 is 4.74 Å². The van der Waals surface area contributed by atoms with E-state index in [-0.39, 0.29) is 12.4 Å². The van der Waals surface area contributed by atoms with Gasteiger partial charge in [0.05, 0.1) is 5.56 Å². The topological polar surface area (TPSA) is 59.7 Å². The van der Waals surface area contributed by atoms with E-state index in [0.717, 1.165) is 5.39 Å². The number of para-hydroxylation sites is 1. The lowest BCUT2D eigenvalue weighted by Gasteiger charge is -2.06. The van der Waals surface area contributed by atoms with Crippen LogP contribution in [0.2, 0.25) is 5.02 Å². The largest absolute Gasteiger partial charge is 0.489 e. The highest BCUT2D eigenvalue weighted by atomic mass is 35.5. The van der Waals surface area contributed by atoms with E-state index >= 15 is 0 Å². The Kier molecular flexibility index (Phi) is 3.54. The lowest BCUT2D eigenvalue weighted by Crippen LogP contribution is -2.03. The van der Waals surface area contributed by atoms with Gasteiger partial charge in [-0.25, -0.2) is 4.79 Å². The normalized spacial score (nSPS) is 10.7. The summed E-state index contributed by atoms with van der Waals surface area (Å²) in [6.07, 6.45) is 0. The van der Waals surface area contributed by atoms with Crippen LogP contribution in [0.5, 0.6) is 5.75 Å². The van der Waals surface area contributed by atoms with E-state index in [2.05, 4.69) is 0 Å². The summed E-state index contributed by atoms with van der Waals surface area (Å²) in [6, 6.07) is 14.1. The Balaban J connectivity index is 1.95. The van der Waals surface area contributed by atoms with E-state index in [9.17, 15) is 9.90 Å². The number of benzene rings is 2. The molecule has 1 N–H and O–H groups in total. The minimum atomic E-state index is -1.11. The van der Waals surface area contributed by atoms with Gasteiger partial charge in [-0.3, -0.25) is 0 Å². The van der Waals surface area contributed by atoms with Gasteiger partial charge in [-0.1, -0.05) is 35.9 Å². The van der Waals surface area contributed by atoms with Gasteiger partial charge < -0.3 is 14.3 Å². The van der Waals surface area contributed by atoms with Gasteiger partial charge in [0, 0.05) is 10.4 Å². The number of ether oxygens (including phenoxy) is 1. The molecule has 3 rings (SSSR count). The molecule has 0 aliphatic carbocycles. The highest BCUT2D eigenvalue weighted by molar-refractivity contribution is 6.30. The molecule has 0 fully saturated rings. The van der Waals surface area contributed by atoms with E-state index < -0.39 is 5.97 Å². The zero-order valence-electron chi connectivity index (χ0n) is 10.9. The van der Waals surface area contributed by atoms with Crippen LogP contribution in [-0.4, -0.2) is 11.1 Å². The number of halogens is 1. The molecule has 106 valence electrons.